The fourth-order valence-electron chi connectivity index (χ4n) is 2.82. The minimum Gasteiger partial charge on any atom is -0.414 e. The summed E-state index contributed by atoms with van der Waals surface area (Å²) < 4.78 is 6.38. The van der Waals surface area contributed by atoms with E-state index in [1.807, 2.05) is 0 Å². The van der Waals surface area contributed by atoms with Crippen LogP contribution >= 0.6 is 0 Å². The van der Waals surface area contributed by atoms with Gasteiger partial charge < -0.3 is 9.33 Å². The van der Waals surface area contributed by atoms with Gasteiger partial charge in [-0.15, -0.1) is 0 Å². The van der Waals surface area contributed by atoms with Crippen LogP contribution < -0.4 is 0 Å². The maximum atomic E-state index is 11.9. The molecule has 104 valence electrons. The number of fused-ring (bicyclic) bond motifs is 1. The van der Waals surface area contributed by atoms with Crippen LogP contribution in [0, 0.1) is 0 Å². The summed E-state index contributed by atoms with van der Waals surface area (Å²) >= 11 is 0. The molecule has 1 unspecified atom stereocenters. The highest BCUT2D eigenvalue weighted by atomic mass is 28.4. The highest BCUT2D eigenvalue weighted by Crippen LogP contribution is 2.42. The molecule has 2 rings (SSSR count). The van der Waals surface area contributed by atoms with E-state index < -0.39 is 8.32 Å². The Labute approximate surface area is 112 Å². The number of carbonyl (C=O) groups is 1. The molecule has 0 aromatic carbocycles. The lowest BCUT2D eigenvalue weighted by Gasteiger charge is -2.40. The summed E-state index contributed by atoms with van der Waals surface area (Å²) in [6.07, 6.45) is 4.00. The fourth-order valence-corrected chi connectivity index (χ4v) is 3.88. The van der Waals surface area contributed by atoms with E-state index in [1.54, 1.807) is 0 Å². The summed E-state index contributed by atoms with van der Waals surface area (Å²) in [5, 5.41) is 0.246. The Kier molecular flexibility index (Phi) is 3.39. The summed E-state index contributed by atoms with van der Waals surface area (Å²) in [4.78, 5) is 14.0. The SMILES string of the molecule is CC(C)(C)[Si](C)(C)OCC12CCCN1C(=O)CC2. The molecule has 2 aliphatic heterocycles. The third kappa shape index (κ3) is 2.25. The molecule has 2 saturated heterocycles. The predicted molar refractivity (Wildman–Crippen MR) is 76.1 cm³/mol. The highest BCUT2D eigenvalue weighted by molar-refractivity contribution is 6.74. The van der Waals surface area contributed by atoms with Gasteiger partial charge in [-0.25, -0.2) is 0 Å². The molecule has 4 heteroatoms. The number of nitrogens with zero attached hydrogens (tertiary/aromatic N) is 1. The molecular formula is C14H27NO2Si. The molecule has 0 N–H and O–H groups in total. The van der Waals surface area contributed by atoms with Gasteiger partial charge in [-0.2, -0.15) is 0 Å². The lowest BCUT2D eigenvalue weighted by atomic mass is 9.95. The van der Waals surface area contributed by atoms with E-state index in [0.29, 0.717) is 5.91 Å². The van der Waals surface area contributed by atoms with Gasteiger partial charge in [0, 0.05) is 13.0 Å². The molecule has 18 heavy (non-hydrogen) atoms. The molecule has 3 nitrogen and oxygen atoms in total. The first kappa shape index (κ1) is 14.1. The lowest BCUT2D eigenvalue weighted by Crippen LogP contribution is -2.50. The summed E-state index contributed by atoms with van der Waals surface area (Å²) in [6, 6.07) is 0. The number of carbonyl (C=O) groups excluding carboxylic acids is 1. The van der Waals surface area contributed by atoms with Crippen molar-refractivity contribution < 1.29 is 9.22 Å². The van der Waals surface area contributed by atoms with Gasteiger partial charge in [-0.3, -0.25) is 4.79 Å². The van der Waals surface area contributed by atoms with Crippen molar-refractivity contribution >= 4 is 14.2 Å². The van der Waals surface area contributed by atoms with Crippen LogP contribution in [-0.2, 0) is 9.22 Å². The van der Waals surface area contributed by atoms with Gasteiger partial charge in [-0.05, 0) is 37.4 Å². The molecule has 1 amide bonds. The van der Waals surface area contributed by atoms with Crippen LogP contribution in [0.25, 0.3) is 0 Å². The molecule has 0 bridgehead atoms. The van der Waals surface area contributed by atoms with Crippen molar-refractivity contribution in [1.29, 1.82) is 0 Å². The lowest BCUT2D eigenvalue weighted by molar-refractivity contribution is -0.130. The first-order valence-electron chi connectivity index (χ1n) is 7.12. The maximum Gasteiger partial charge on any atom is 0.223 e. The van der Waals surface area contributed by atoms with Crippen molar-refractivity contribution in [2.45, 2.75) is 70.1 Å². The molecular weight excluding hydrogens is 242 g/mol. The third-order valence-corrected chi connectivity index (χ3v) is 9.69. The van der Waals surface area contributed by atoms with E-state index in [2.05, 4.69) is 38.8 Å². The number of hydrogen-bond acceptors (Lipinski definition) is 2. The van der Waals surface area contributed by atoms with Gasteiger partial charge in [0.2, 0.25) is 5.91 Å². The van der Waals surface area contributed by atoms with Crippen LogP contribution in [0.2, 0.25) is 18.1 Å². The average Bonchev–Trinajstić information content (AvgIpc) is 2.77. The van der Waals surface area contributed by atoms with E-state index in [9.17, 15) is 4.79 Å². The molecule has 0 aromatic heterocycles. The minimum atomic E-state index is -1.70. The van der Waals surface area contributed by atoms with E-state index in [4.69, 9.17) is 4.43 Å². The van der Waals surface area contributed by atoms with Gasteiger partial charge in [0.15, 0.2) is 8.32 Å². The Balaban J connectivity index is 2.04. The monoisotopic (exact) mass is 269 g/mol. The van der Waals surface area contributed by atoms with Crippen molar-refractivity contribution in [2.24, 2.45) is 0 Å². The zero-order valence-corrected chi connectivity index (χ0v) is 13.5. The van der Waals surface area contributed by atoms with Crippen molar-refractivity contribution in [3.63, 3.8) is 0 Å². The molecule has 2 fully saturated rings. The summed E-state index contributed by atoms with van der Waals surface area (Å²) in [6.45, 7) is 13.1. The van der Waals surface area contributed by atoms with Crippen molar-refractivity contribution in [1.82, 2.24) is 4.90 Å². The Morgan fingerprint density at radius 1 is 1.33 bits per heavy atom. The average molecular weight is 269 g/mol. The molecule has 0 aliphatic carbocycles. The van der Waals surface area contributed by atoms with Crippen LogP contribution in [0.3, 0.4) is 0 Å². The van der Waals surface area contributed by atoms with Crippen LogP contribution in [-0.4, -0.2) is 37.8 Å². The second-order valence-corrected chi connectivity index (χ2v) is 12.2. The predicted octanol–water partition coefficient (Wildman–Crippen LogP) is 3.16. The molecule has 2 heterocycles. The van der Waals surface area contributed by atoms with Gasteiger partial charge >= 0.3 is 0 Å². The highest BCUT2D eigenvalue weighted by Gasteiger charge is 2.50. The first-order valence-corrected chi connectivity index (χ1v) is 10.0. The number of hydrogen-bond donors (Lipinski definition) is 0. The number of amides is 1. The standard InChI is InChI=1S/C14H27NO2Si/c1-13(2,3)18(4,5)17-11-14-8-6-10-15(14)12(16)7-9-14/h6-11H2,1-5H3. The van der Waals surface area contributed by atoms with Crippen LogP contribution in [0.4, 0.5) is 0 Å². The van der Waals surface area contributed by atoms with Crippen LogP contribution in [0.15, 0.2) is 0 Å². The Morgan fingerprint density at radius 3 is 2.61 bits per heavy atom. The van der Waals surface area contributed by atoms with Crippen molar-refractivity contribution in [3.8, 4) is 0 Å². The van der Waals surface area contributed by atoms with Gasteiger partial charge in [-0.1, -0.05) is 20.8 Å². The molecule has 0 saturated carbocycles. The van der Waals surface area contributed by atoms with Gasteiger partial charge in [0.25, 0.3) is 0 Å². The quantitative estimate of drug-likeness (QED) is 0.737. The van der Waals surface area contributed by atoms with E-state index in [-0.39, 0.29) is 10.6 Å². The smallest absolute Gasteiger partial charge is 0.223 e. The van der Waals surface area contributed by atoms with Crippen molar-refractivity contribution in [3.05, 3.63) is 0 Å². The summed E-state index contributed by atoms with van der Waals surface area (Å²) in [5.74, 6) is 0.339. The third-order valence-electron chi connectivity index (χ3n) is 5.21. The second kappa shape index (κ2) is 4.34. The van der Waals surface area contributed by atoms with Gasteiger partial charge in [0.05, 0.1) is 12.1 Å². The zero-order valence-electron chi connectivity index (χ0n) is 12.5. The van der Waals surface area contributed by atoms with Crippen LogP contribution in [0.1, 0.15) is 46.5 Å². The molecule has 0 spiro atoms. The van der Waals surface area contributed by atoms with E-state index in [1.165, 1.54) is 0 Å². The Hall–Kier alpha value is -0.353. The normalized spacial score (nSPS) is 28.9. The molecule has 1 atom stereocenters. The second-order valence-electron chi connectivity index (χ2n) is 7.42. The molecule has 0 aromatic rings. The molecule has 2 aliphatic rings. The summed E-state index contributed by atoms with van der Waals surface area (Å²) in [7, 11) is -1.70. The largest absolute Gasteiger partial charge is 0.414 e. The van der Waals surface area contributed by atoms with E-state index in [0.717, 1.165) is 38.8 Å². The molecule has 0 radical (unpaired) electrons. The van der Waals surface area contributed by atoms with E-state index >= 15 is 0 Å². The Bertz CT molecular complexity index is 348. The fraction of sp³-hybridized carbons (Fsp3) is 0.929. The topological polar surface area (TPSA) is 29.5 Å². The van der Waals surface area contributed by atoms with Crippen LogP contribution in [0.5, 0.6) is 0 Å². The first-order chi connectivity index (χ1) is 8.18. The van der Waals surface area contributed by atoms with Gasteiger partial charge in [0.1, 0.15) is 0 Å². The van der Waals surface area contributed by atoms with Crippen molar-refractivity contribution in [2.75, 3.05) is 13.2 Å². The Morgan fingerprint density at radius 2 is 2.00 bits per heavy atom. The maximum absolute atomic E-state index is 11.9. The zero-order chi connectivity index (χ0) is 13.6. The summed E-state index contributed by atoms with van der Waals surface area (Å²) in [5.41, 5.74) is 0.0482. The number of rotatable bonds is 3. The minimum absolute atomic E-state index is 0.0482.